The number of carbonyl (C=O) groups is 3. The number of nitrogens with two attached hydrogens (primary N) is 1. The Morgan fingerprint density at radius 2 is 1.84 bits per heavy atom. The van der Waals surface area contributed by atoms with Gasteiger partial charge in [-0.05, 0) is 79.1 Å². The van der Waals surface area contributed by atoms with E-state index < -0.39 is 11.6 Å². The molecule has 6 N–H and O–H groups in total. The van der Waals surface area contributed by atoms with Crippen LogP contribution in [0.25, 0.3) is 0 Å². The molecular formula is C42H74N6O7S. The number of nitrogens with one attached hydrogen (secondary N) is 2. The number of thiazole rings is 1. The molecule has 1 aliphatic rings. The van der Waals surface area contributed by atoms with E-state index in [4.69, 9.17) is 20.3 Å². The number of amides is 2. The van der Waals surface area contributed by atoms with Gasteiger partial charge < -0.3 is 50.6 Å². The van der Waals surface area contributed by atoms with Gasteiger partial charge in [-0.2, -0.15) is 0 Å². The van der Waals surface area contributed by atoms with Gasteiger partial charge in [-0.15, -0.1) is 11.3 Å². The summed E-state index contributed by atoms with van der Waals surface area (Å²) in [4.78, 5) is 44.5. The minimum absolute atomic E-state index is 0.00985. The molecule has 56 heavy (non-hydrogen) atoms. The molecule has 13 nitrogen and oxygen atoms in total. The van der Waals surface area contributed by atoms with Crippen LogP contribution < -0.4 is 16.4 Å². The SMILES string of the molecule is C=C(O)C(C)(C)NC.C=C/C=C(\C=C)CC(NC(=O)C(C)C(OC)C1CCCN1C)c1nccs1.CCC(C)C(C(CC=O)OC)N(C)C(=O)[C@@H](N)C(C)(C)O. The fourth-order valence-electron chi connectivity index (χ4n) is 6.23. The first kappa shape index (κ1) is 52.8. The number of hydrogen-bond acceptors (Lipinski definition) is 12. The van der Waals surface area contributed by atoms with Crippen LogP contribution in [0.2, 0.25) is 0 Å². The van der Waals surface area contributed by atoms with Gasteiger partial charge in [0.2, 0.25) is 11.8 Å². The van der Waals surface area contributed by atoms with Crippen molar-refractivity contribution in [1.82, 2.24) is 25.4 Å². The third kappa shape index (κ3) is 16.7. The lowest BCUT2D eigenvalue weighted by molar-refractivity contribution is -0.144. The predicted molar refractivity (Wildman–Crippen MR) is 228 cm³/mol. The highest BCUT2D eigenvalue weighted by molar-refractivity contribution is 7.09. The van der Waals surface area contributed by atoms with Crippen molar-refractivity contribution in [3.8, 4) is 0 Å². The molecule has 14 heteroatoms. The van der Waals surface area contributed by atoms with Gasteiger partial charge in [0.15, 0.2) is 0 Å². The Morgan fingerprint density at radius 3 is 2.21 bits per heavy atom. The van der Waals surface area contributed by atoms with Crippen LogP contribution >= 0.6 is 11.3 Å². The summed E-state index contributed by atoms with van der Waals surface area (Å²) in [5.74, 6) is -0.318. The zero-order valence-electron chi connectivity index (χ0n) is 36.2. The molecule has 2 amide bonds. The number of likely N-dealkylation sites (N-methyl/N-ethyl adjacent to an activating group) is 3. The number of nitrogens with zero attached hydrogens (tertiary/aromatic N) is 3. The van der Waals surface area contributed by atoms with Crippen LogP contribution in [0.1, 0.15) is 91.6 Å². The number of aliphatic hydroxyl groups is 2. The molecule has 0 spiro atoms. The number of hydrogen-bond donors (Lipinski definition) is 5. The van der Waals surface area contributed by atoms with E-state index in [-0.39, 0.29) is 71.7 Å². The molecule has 1 aromatic rings. The minimum Gasteiger partial charge on any atom is -0.511 e. The normalized spacial score (nSPS) is 18.6. The number of aliphatic hydroxyl groups excluding tert-OH is 1. The van der Waals surface area contributed by atoms with Gasteiger partial charge in [0.05, 0.1) is 41.3 Å². The smallest absolute Gasteiger partial charge is 0.242 e. The average molecular weight is 807 g/mol. The van der Waals surface area contributed by atoms with Gasteiger partial charge in [-0.3, -0.25) is 9.59 Å². The summed E-state index contributed by atoms with van der Waals surface area (Å²) in [6, 6.07) is -1.21. The molecule has 7 unspecified atom stereocenters. The zero-order valence-corrected chi connectivity index (χ0v) is 37.0. The Morgan fingerprint density at radius 1 is 1.21 bits per heavy atom. The van der Waals surface area contributed by atoms with E-state index in [2.05, 4.69) is 47.3 Å². The summed E-state index contributed by atoms with van der Waals surface area (Å²) in [5, 5.41) is 27.6. The van der Waals surface area contributed by atoms with E-state index in [1.807, 2.05) is 46.1 Å². The van der Waals surface area contributed by atoms with Crippen LogP contribution in [0.5, 0.6) is 0 Å². The second-order valence-corrected chi connectivity index (χ2v) is 16.4. The molecule has 1 aromatic heterocycles. The molecule has 0 saturated carbocycles. The zero-order chi connectivity index (χ0) is 43.4. The first-order chi connectivity index (χ1) is 26.1. The van der Waals surface area contributed by atoms with Crippen molar-refractivity contribution in [1.29, 1.82) is 0 Å². The largest absolute Gasteiger partial charge is 0.511 e. The molecule has 2 rings (SSSR count). The number of carbonyl (C=O) groups excluding carboxylic acids is 3. The topological polar surface area (TPSA) is 180 Å². The fraction of sp³-hybridized carbons (Fsp3) is 0.667. The molecular weight excluding hydrogens is 733 g/mol. The quantitative estimate of drug-likeness (QED) is 0.0614. The predicted octanol–water partition coefficient (Wildman–Crippen LogP) is 5.35. The number of aromatic nitrogens is 1. The second-order valence-electron chi connectivity index (χ2n) is 15.5. The Bertz CT molecular complexity index is 1380. The molecule has 0 bridgehead atoms. The Balaban J connectivity index is 0.000000926. The highest BCUT2D eigenvalue weighted by Crippen LogP contribution is 2.28. The second kappa shape index (κ2) is 25.9. The van der Waals surface area contributed by atoms with E-state index in [1.165, 1.54) is 25.9 Å². The first-order valence-corrected chi connectivity index (χ1v) is 20.2. The van der Waals surface area contributed by atoms with Crippen molar-refractivity contribution in [3.05, 3.63) is 65.9 Å². The standard InChI is InChI=1S/C21H31N3O2S.C15H30N2O4.C6H13NO/c1-6-9-16(7-2)14-17(21-22-11-13-27-21)23-20(25)15(3)19(26-5)18-10-8-12-24(18)4;1-7-10(2)12(11(21-6)8-9-18)17(5)14(19)13(16)15(3,4)20;1-5(8)6(2,3)7-4/h6-7,9,11,13,15,17-19H,1-2,8,10,12,14H2,3-5H3,(H,23,25);9-13,20H,7-8,16H2,1-6H3;7-8H,1H2,2-4H3/b16-9+;;/t;10?,11?,12?,13-;/m.1./s1. The van der Waals surface area contributed by atoms with Gasteiger partial charge in [-0.25, -0.2) is 4.98 Å². The lowest BCUT2D eigenvalue weighted by Gasteiger charge is -2.39. The van der Waals surface area contributed by atoms with Gasteiger partial charge in [0, 0.05) is 45.3 Å². The van der Waals surface area contributed by atoms with Crippen LogP contribution in [0.4, 0.5) is 0 Å². The van der Waals surface area contributed by atoms with Crippen molar-refractivity contribution in [2.45, 2.75) is 128 Å². The maximum Gasteiger partial charge on any atom is 0.242 e. The summed E-state index contributed by atoms with van der Waals surface area (Å²) in [5.41, 5.74) is 5.20. The third-order valence-electron chi connectivity index (χ3n) is 10.6. The van der Waals surface area contributed by atoms with Crippen LogP contribution in [0.3, 0.4) is 0 Å². The summed E-state index contributed by atoms with van der Waals surface area (Å²) >= 11 is 1.54. The molecule has 1 aliphatic heterocycles. The number of rotatable bonds is 21. The number of methoxy groups -OCH3 is 2. The molecule has 8 atom stereocenters. The summed E-state index contributed by atoms with van der Waals surface area (Å²) in [6.07, 6.45) is 11.4. The van der Waals surface area contributed by atoms with Gasteiger partial charge in [0.1, 0.15) is 23.1 Å². The minimum atomic E-state index is -1.31. The van der Waals surface area contributed by atoms with Crippen LogP contribution in [0.15, 0.2) is 60.9 Å². The van der Waals surface area contributed by atoms with Crippen LogP contribution in [-0.2, 0) is 23.9 Å². The van der Waals surface area contributed by atoms with Crippen molar-refractivity contribution in [3.63, 3.8) is 0 Å². The van der Waals surface area contributed by atoms with Crippen molar-refractivity contribution in [2.75, 3.05) is 41.9 Å². The van der Waals surface area contributed by atoms with Crippen LogP contribution in [-0.4, -0.2) is 126 Å². The highest BCUT2D eigenvalue weighted by atomic mass is 32.1. The summed E-state index contributed by atoms with van der Waals surface area (Å²) in [6.45, 7) is 24.7. The fourth-order valence-corrected chi connectivity index (χ4v) is 6.92. The number of aldehydes is 1. The molecule has 1 fully saturated rings. The van der Waals surface area contributed by atoms with E-state index in [9.17, 15) is 19.5 Å². The molecule has 0 aliphatic carbocycles. The number of likely N-dealkylation sites (tertiary alicyclic amines) is 1. The molecule has 1 saturated heterocycles. The van der Waals surface area contributed by atoms with Crippen LogP contribution in [0, 0.1) is 11.8 Å². The maximum atomic E-state index is 13.0. The summed E-state index contributed by atoms with van der Waals surface area (Å²) in [7, 11) is 8.74. The van der Waals surface area contributed by atoms with Crippen molar-refractivity contribution in [2.24, 2.45) is 17.6 Å². The van der Waals surface area contributed by atoms with E-state index >= 15 is 0 Å². The highest BCUT2D eigenvalue weighted by Gasteiger charge is 2.39. The molecule has 320 valence electrons. The Labute approximate surface area is 341 Å². The Kier molecular flexibility index (Phi) is 24.4. The molecule has 0 aromatic carbocycles. The van der Waals surface area contributed by atoms with Gasteiger partial charge in [0.25, 0.3) is 0 Å². The third-order valence-corrected chi connectivity index (χ3v) is 11.5. The maximum absolute atomic E-state index is 13.0. The number of ether oxygens (including phenoxy) is 2. The average Bonchev–Trinajstić information content (AvgIpc) is 3.86. The monoisotopic (exact) mass is 807 g/mol. The molecule has 0 radical (unpaired) electrons. The van der Waals surface area contributed by atoms with Gasteiger partial charge in [-0.1, -0.05) is 65.2 Å². The van der Waals surface area contributed by atoms with Crippen molar-refractivity contribution >= 4 is 29.4 Å². The Hall–Kier alpha value is -3.24. The number of allylic oxidation sites excluding steroid dienone is 3. The van der Waals surface area contributed by atoms with E-state index in [1.54, 1.807) is 50.9 Å². The van der Waals surface area contributed by atoms with E-state index in [0.29, 0.717) is 6.42 Å². The van der Waals surface area contributed by atoms with Gasteiger partial charge >= 0.3 is 0 Å². The van der Waals surface area contributed by atoms with E-state index in [0.717, 1.165) is 42.7 Å². The first-order valence-electron chi connectivity index (χ1n) is 19.3. The lowest BCUT2D eigenvalue weighted by atomic mass is 9.90. The van der Waals surface area contributed by atoms with Crippen molar-refractivity contribution < 1.29 is 34.1 Å². The summed E-state index contributed by atoms with van der Waals surface area (Å²) < 4.78 is 11.1. The molecule has 2 heterocycles. The lowest BCUT2D eigenvalue weighted by Crippen LogP contribution is -2.59.